The summed E-state index contributed by atoms with van der Waals surface area (Å²) >= 11 is 12.0. The van der Waals surface area contributed by atoms with Gasteiger partial charge in [-0.1, -0.05) is 30.1 Å². The fourth-order valence-electron chi connectivity index (χ4n) is 1.95. The van der Waals surface area contributed by atoms with Crippen molar-refractivity contribution >= 4 is 40.1 Å². The quantitative estimate of drug-likeness (QED) is 0.918. The van der Waals surface area contributed by atoms with Crippen molar-refractivity contribution < 1.29 is 9.90 Å². The molecular formula is C12H11Cl2NO2. The first-order valence-electron chi connectivity index (χ1n) is 5.23. The minimum atomic E-state index is -0.860. The second kappa shape index (κ2) is 4.59. The van der Waals surface area contributed by atoms with Crippen molar-refractivity contribution in [2.75, 3.05) is 0 Å². The number of rotatable bonds is 3. The average molecular weight is 272 g/mol. The zero-order valence-electron chi connectivity index (χ0n) is 9.15. The number of carboxylic acids is 1. The van der Waals surface area contributed by atoms with Gasteiger partial charge in [-0.2, -0.15) is 0 Å². The Hall–Kier alpha value is -1.19. The molecule has 2 rings (SSSR count). The maximum atomic E-state index is 11.2. The van der Waals surface area contributed by atoms with E-state index >= 15 is 0 Å². The van der Waals surface area contributed by atoms with Crippen LogP contribution < -0.4 is 0 Å². The number of carbonyl (C=O) groups is 1. The number of nitrogens with zero attached hydrogens (tertiary/aromatic N) is 1. The molecule has 1 unspecified atom stereocenters. The van der Waals surface area contributed by atoms with E-state index in [0.717, 1.165) is 10.9 Å². The molecule has 0 amide bonds. The number of hydrogen-bond acceptors (Lipinski definition) is 1. The molecule has 90 valence electrons. The fourth-order valence-corrected chi connectivity index (χ4v) is 2.49. The second-order valence-electron chi connectivity index (χ2n) is 3.81. The van der Waals surface area contributed by atoms with E-state index in [1.165, 1.54) is 0 Å². The topological polar surface area (TPSA) is 42.2 Å². The highest BCUT2D eigenvalue weighted by Gasteiger charge is 2.19. The molecule has 5 heteroatoms. The van der Waals surface area contributed by atoms with Gasteiger partial charge in [0.2, 0.25) is 0 Å². The largest absolute Gasteiger partial charge is 0.480 e. The predicted molar refractivity (Wildman–Crippen MR) is 68.9 cm³/mol. The Morgan fingerprint density at radius 2 is 2.18 bits per heavy atom. The van der Waals surface area contributed by atoms with Gasteiger partial charge in [-0.3, -0.25) is 0 Å². The molecule has 0 spiro atoms. The Kier molecular flexibility index (Phi) is 3.31. The van der Waals surface area contributed by atoms with Gasteiger partial charge in [0, 0.05) is 16.6 Å². The molecule has 1 aromatic carbocycles. The maximum Gasteiger partial charge on any atom is 0.326 e. The fraction of sp³-hybridized carbons (Fsp3) is 0.250. The van der Waals surface area contributed by atoms with Crippen LogP contribution in [0, 0.1) is 0 Å². The minimum Gasteiger partial charge on any atom is -0.480 e. The molecule has 2 aromatic rings. The third-order valence-electron chi connectivity index (χ3n) is 2.76. The van der Waals surface area contributed by atoms with Crippen LogP contribution in [0.1, 0.15) is 19.4 Å². The summed E-state index contributed by atoms with van der Waals surface area (Å²) in [4.78, 5) is 11.2. The van der Waals surface area contributed by atoms with Crippen LogP contribution in [0.3, 0.4) is 0 Å². The zero-order valence-corrected chi connectivity index (χ0v) is 10.7. The molecule has 1 atom stereocenters. The average Bonchev–Trinajstić information content (AvgIpc) is 2.63. The van der Waals surface area contributed by atoms with Crippen molar-refractivity contribution in [3.8, 4) is 0 Å². The number of halogens is 2. The SMILES string of the molecule is CCC(C(=O)O)n1ccc2c(Cl)cc(Cl)cc21. The van der Waals surface area contributed by atoms with Crippen LogP contribution in [0.25, 0.3) is 10.9 Å². The summed E-state index contributed by atoms with van der Waals surface area (Å²) in [5.41, 5.74) is 0.747. The number of benzene rings is 1. The van der Waals surface area contributed by atoms with Crippen molar-refractivity contribution in [3.05, 3.63) is 34.4 Å². The van der Waals surface area contributed by atoms with Crippen LogP contribution in [0.5, 0.6) is 0 Å². The Bertz CT molecular complexity index is 577. The standard InChI is InChI=1S/C12H11Cl2NO2/c1-2-10(12(16)17)15-4-3-8-9(14)5-7(13)6-11(8)15/h3-6,10H,2H2,1H3,(H,16,17). The lowest BCUT2D eigenvalue weighted by molar-refractivity contribution is -0.140. The van der Waals surface area contributed by atoms with Crippen LogP contribution in [0.15, 0.2) is 24.4 Å². The smallest absolute Gasteiger partial charge is 0.326 e. The lowest BCUT2D eigenvalue weighted by Crippen LogP contribution is -2.17. The van der Waals surface area contributed by atoms with Crippen molar-refractivity contribution in [1.29, 1.82) is 0 Å². The van der Waals surface area contributed by atoms with E-state index in [4.69, 9.17) is 28.3 Å². The maximum absolute atomic E-state index is 11.2. The van der Waals surface area contributed by atoms with Crippen LogP contribution in [-0.4, -0.2) is 15.6 Å². The zero-order chi connectivity index (χ0) is 12.6. The van der Waals surface area contributed by atoms with E-state index < -0.39 is 12.0 Å². The van der Waals surface area contributed by atoms with E-state index in [1.807, 2.05) is 6.92 Å². The first-order valence-corrected chi connectivity index (χ1v) is 5.98. The van der Waals surface area contributed by atoms with Crippen LogP contribution >= 0.6 is 23.2 Å². The predicted octanol–water partition coefficient (Wildman–Crippen LogP) is 3.98. The normalized spacial score (nSPS) is 12.9. The van der Waals surface area contributed by atoms with Gasteiger partial charge in [0.05, 0.1) is 10.5 Å². The number of aliphatic carboxylic acids is 1. The van der Waals surface area contributed by atoms with E-state index in [1.54, 1.807) is 29.0 Å². The van der Waals surface area contributed by atoms with Crippen molar-refractivity contribution in [1.82, 2.24) is 4.57 Å². The highest BCUT2D eigenvalue weighted by atomic mass is 35.5. The van der Waals surface area contributed by atoms with Gasteiger partial charge in [-0.05, 0) is 24.6 Å². The number of hydrogen-bond donors (Lipinski definition) is 1. The Morgan fingerprint density at radius 3 is 2.76 bits per heavy atom. The Balaban J connectivity index is 2.67. The summed E-state index contributed by atoms with van der Waals surface area (Å²) in [6.45, 7) is 1.83. The highest BCUT2D eigenvalue weighted by Crippen LogP contribution is 2.31. The van der Waals surface area contributed by atoms with Crippen LogP contribution in [0.4, 0.5) is 0 Å². The molecule has 3 nitrogen and oxygen atoms in total. The molecular weight excluding hydrogens is 261 g/mol. The Morgan fingerprint density at radius 1 is 1.47 bits per heavy atom. The molecule has 0 aliphatic heterocycles. The van der Waals surface area contributed by atoms with E-state index in [9.17, 15) is 4.79 Å². The number of aromatic nitrogens is 1. The molecule has 0 saturated heterocycles. The first kappa shape index (κ1) is 12.3. The lowest BCUT2D eigenvalue weighted by atomic mass is 10.2. The summed E-state index contributed by atoms with van der Waals surface area (Å²) < 4.78 is 1.69. The Labute approximate surface area is 109 Å². The summed E-state index contributed by atoms with van der Waals surface area (Å²) in [5.74, 6) is -0.860. The molecule has 0 aliphatic rings. The van der Waals surface area contributed by atoms with E-state index in [-0.39, 0.29) is 0 Å². The van der Waals surface area contributed by atoms with Crippen molar-refractivity contribution in [2.24, 2.45) is 0 Å². The molecule has 1 aromatic heterocycles. The van der Waals surface area contributed by atoms with Crippen LogP contribution in [0.2, 0.25) is 10.0 Å². The molecule has 0 aliphatic carbocycles. The summed E-state index contributed by atoms with van der Waals surface area (Å²) in [7, 11) is 0. The van der Waals surface area contributed by atoms with Crippen LogP contribution in [-0.2, 0) is 4.79 Å². The van der Waals surface area contributed by atoms with Crippen molar-refractivity contribution in [2.45, 2.75) is 19.4 Å². The molecule has 1 N–H and O–H groups in total. The van der Waals surface area contributed by atoms with Gasteiger partial charge in [0.15, 0.2) is 0 Å². The van der Waals surface area contributed by atoms with Gasteiger partial charge in [-0.25, -0.2) is 4.79 Å². The molecule has 17 heavy (non-hydrogen) atoms. The highest BCUT2D eigenvalue weighted by molar-refractivity contribution is 6.38. The van der Waals surface area contributed by atoms with E-state index in [0.29, 0.717) is 16.5 Å². The lowest BCUT2D eigenvalue weighted by Gasteiger charge is -2.13. The molecule has 0 fully saturated rings. The van der Waals surface area contributed by atoms with Gasteiger partial charge in [0.25, 0.3) is 0 Å². The molecule has 0 saturated carbocycles. The number of carboxylic acid groups (broad SMARTS) is 1. The molecule has 1 heterocycles. The number of fused-ring (bicyclic) bond motifs is 1. The van der Waals surface area contributed by atoms with Crippen molar-refractivity contribution in [3.63, 3.8) is 0 Å². The summed E-state index contributed by atoms with van der Waals surface area (Å²) in [5, 5.41) is 11.0. The monoisotopic (exact) mass is 271 g/mol. The van der Waals surface area contributed by atoms with Gasteiger partial charge in [-0.15, -0.1) is 0 Å². The second-order valence-corrected chi connectivity index (χ2v) is 4.65. The van der Waals surface area contributed by atoms with Gasteiger partial charge < -0.3 is 9.67 Å². The molecule has 0 bridgehead atoms. The summed E-state index contributed by atoms with van der Waals surface area (Å²) in [6.07, 6.45) is 2.23. The van der Waals surface area contributed by atoms with Gasteiger partial charge >= 0.3 is 5.97 Å². The molecule has 0 radical (unpaired) electrons. The summed E-state index contributed by atoms with van der Waals surface area (Å²) in [6, 6.07) is 4.59. The first-order chi connectivity index (χ1) is 8.04. The van der Waals surface area contributed by atoms with E-state index in [2.05, 4.69) is 0 Å². The third-order valence-corrected chi connectivity index (χ3v) is 3.29. The minimum absolute atomic E-state index is 0.502. The van der Waals surface area contributed by atoms with Gasteiger partial charge in [0.1, 0.15) is 6.04 Å². The third kappa shape index (κ3) is 2.13.